The largest absolute Gasteiger partial charge is 0.461 e. The number of hydrogen-bond donors (Lipinski definition) is 2. The van der Waals surface area contributed by atoms with E-state index in [1.54, 1.807) is 0 Å². The maximum atomic E-state index is 12.7. The van der Waals surface area contributed by atoms with Gasteiger partial charge in [-0.05, 0) is 55.2 Å². The van der Waals surface area contributed by atoms with Gasteiger partial charge in [-0.2, -0.15) is 0 Å². The van der Waals surface area contributed by atoms with E-state index in [-0.39, 0.29) is 28.3 Å². The van der Waals surface area contributed by atoms with Gasteiger partial charge in [0.1, 0.15) is 5.69 Å². The molecule has 36 heavy (non-hydrogen) atoms. The summed E-state index contributed by atoms with van der Waals surface area (Å²) in [6.07, 6.45) is 3.28. The van der Waals surface area contributed by atoms with Crippen LogP contribution >= 0.6 is 0 Å². The molecule has 10 heteroatoms. The van der Waals surface area contributed by atoms with E-state index in [1.165, 1.54) is 36.4 Å². The van der Waals surface area contributed by atoms with Crippen LogP contribution in [0, 0.1) is 0 Å². The van der Waals surface area contributed by atoms with Crippen LogP contribution in [0.1, 0.15) is 56.5 Å². The molecule has 0 atom stereocenters. The Balaban J connectivity index is 1.59. The van der Waals surface area contributed by atoms with Crippen molar-refractivity contribution in [1.29, 1.82) is 0 Å². The van der Waals surface area contributed by atoms with Gasteiger partial charge < -0.3 is 10.1 Å². The summed E-state index contributed by atoms with van der Waals surface area (Å²) in [4.78, 5) is 40.4. The van der Waals surface area contributed by atoms with E-state index in [2.05, 4.69) is 10.3 Å². The summed E-state index contributed by atoms with van der Waals surface area (Å²) in [6, 6.07) is 17.8. The number of nitrogens with one attached hydrogen (secondary N) is 2. The zero-order valence-electron chi connectivity index (χ0n) is 19.8. The number of amides is 2. The average Bonchev–Trinajstić information content (AvgIpc) is 2.90. The van der Waals surface area contributed by atoms with Crippen molar-refractivity contribution in [1.82, 2.24) is 15.0 Å². The Morgan fingerprint density at radius 3 is 2.39 bits per heavy atom. The zero-order chi connectivity index (χ0) is 26.0. The van der Waals surface area contributed by atoms with Crippen LogP contribution in [0.2, 0.25) is 0 Å². The molecule has 2 N–H and O–H groups in total. The molecule has 188 valence electrons. The van der Waals surface area contributed by atoms with Gasteiger partial charge in [-0.25, -0.2) is 22.9 Å². The van der Waals surface area contributed by atoms with Crippen molar-refractivity contribution in [2.45, 2.75) is 31.1 Å². The minimum atomic E-state index is -4.26. The second kappa shape index (κ2) is 12.6. The number of aryl methyl sites for hydroxylation is 1. The predicted octanol–water partition coefficient (Wildman–Crippen LogP) is 3.13. The van der Waals surface area contributed by atoms with Gasteiger partial charge in [0, 0.05) is 18.3 Å². The first-order valence-corrected chi connectivity index (χ1v) is 12.9. The number of nitrogens with zero attached hydrogens (tertiary/aromatic N) is 1. The fourth-order valence-electron chi connectivity index (χ4n) is 3.20. The van der Waals surface area contributed by atoms with Gasteiger partial charge in [0.2, 0.25) is 0 Å². The highest BCUT2D eigenvalue weighted by Gasteiger charge is 2.21. The summed E-state index contributed by atoms with van der Waals surface area (Å²) < 4.78 is 32.4. The summed E-state index contributed by atoms with van der Waals surface area (Å²) in [5, 5.41) is 2.77. The Morgan fingerprint density at radius 1 is 0.917 bits per heavy atom. The molecule has 0 saturated carbocycles. The van der Waals surface area contributed by atoms with Crippen LogP contribution in [0.3, 0.4) is 0 Å². The first kappa shape index (κ1) is 26.6. The molecular weight excluding hydrogens is 482 g/mol. The van der Waals surface area contributed by atoms with Gasteiger partial charge in [0.25, 0.3) is 21.8 Å². The summed E-state index contributed by atoms with van der Waals surface area (Å²) in [5.41, 5.74) is 1.27. The van der Waals surface area contributed by atoms with Crippen molar-refractivity contribution in [2.75, 3.05) is 13.2 Å². The van der Waals surface area contributed by atoms with Crippen molar-refractivity contribution in [3.8, 4) is 0 Å². The summed E-state index contributed by atoms with van der Waals surface area (Å²) in [7, 11) is -4.26. The number of benzene rings is 2. The number of pyridine rings is 1. The van der Waals surface area contributed by atoms with Crippen molar-refractivity contribution in [3.63, 3.8) is 0 Å². The second-order valence-corrected chi connectivity index (χ2v) is 9.56. The summed E-state index contributed by atoms with van der Waals surface area (Å²) >= 11 is 0. The van der Waals surface area contributed by atoms with E-state index >= 15 is 0 Å². The molecular formula is C26H27N3O6S. The Labute approximate surface area is 210 Å². The normalized spacial score (nSPS) is 10.9. The van der Waals surface area contributed by atoms with Crippen LogP contribution < -0.4 is 10.0 Å². The minimum Gasteiger partial charge on any atom is -0.461 e. The molecule has 0 aliphatic heterocycles. The van der Waals surface area contributed by atoms with E-state index in [9.17, 15) is 22.8 Å². The average molecular weight is 510 g/mol. The smallest absolute Gasteiger partial charge is 0.356 e. The Kier molecular flexibility index (Phi) is 9.29. The number of rotatable bonds is 11. The monoisotopic (exact) mass is 509 g/mol. The molecule has 1 aromatic heterocycles. The highest BCUT2D eigenvalue weighted by molar-refractivity contribution is 7.90. The van der Waals surface area contributed by atoms with Crippen molar-refractivity contribution in [2.24, 2.45) is 0 Å². The molecule has 3 aromatic rings. The van der Waals surface area contributed by atoms with Gasteiger partial charge in [-0.15, -0.1) is 0 Å². The van der Waals surface area contributed by atoms with Crippen LogP contribution in [0.4, 0.5) is 0 Å². The van der Waals surface area contributed by atoms with Gasteiger partial charge in [-0.3, -0.25) is 9.59 Å². The SMILES string of the molecule is CCCOC(=O)c1ccc(C(=O)NS(=O)(=O)c2cccc(C(=O)NCCCc3ccccc3)c2)cn1. The maximum absolute atomic E-state index is 12.7. The number of hydrogen-bond acceptors (Lipinski definition) is 7. The van der Waals surface area contributed by atoms with Gasteiger partial charge in [0.15, 0.2) is 0 Å². The lowest BCUT2D eigenvalue weighted by Crippen LogP contribution is -2.31. The highest BCUT2D eigenvalue weighted by Crippen LogP contribution is 2.13. The third kappa shape index (κ3) is 7.47. The molecule has 0 radical (unpaired) electrons. The molecule has 0 aliphatic rings. The second-order valence-electron chi connectivity index (χ2n) is 7.88. The quantitative estimate of drug-likeness (QED) is 0.300. The van der Waals surface area contributed by atoms with Gasteiger partial charge in [0.05, 0.1) is 17.1 Å². The first-order chi connectivity index (χ1) is 17.3. The minimum absolute atomic E-state index is 0.00494. The number of esters is 1. The predicted molar refractivity (Wildman–Crippen MR) is 133 cm³/mol. The standard InChI is InChI=1S/C26H27N3O6S/c1-2-16-35-26(32)23-14-13-21(18-28-23)25(31)29-36(33,34)22-12-6-11-20(17-22)24(30)27-15-7-10-19-8-4-3-5-9-19/h3-6,8-9,11-14,17-18H,2,7,10,15-16H2,1H3,(H,27,30)(H,29,31). The van der Waals surface area contributed by atoms with E-state index in [0.29, 0.717) is 13.0 Å². The molecule has 3 rings (SSSR count). The van der Waals surface area contributed by atoms with Crippen molar-refractivity contribution < 1.29 is 27.5 Å². The molecule has 0 bridgehead atoms. The molecule has 2 aromatic carbocycles. The molecule has 2 amide bonds. The van der Waals surface area contributed by atoms with E-state index in [4.69, 9.17) is 4.74 Å². The van der Waals surface area contributed by atoms with E-state index < -0.39 is 27.8 Å². The van der Waals surface area contributed by atoms with E-state index in [1.807, 2.05) is 42.0 Å². The molecule has 0 aliphatic carbocycles. The van der Waals surface area contributed by atoms with Crippen molar-refractivity contribution in [3.05, 3.63) is 95.3 Å². The van der Waals surface area contributed by atoms with E-state index in [0.717, 1.165) is 24.6 Å². The maximum Gasteiger partial charge on any atom is 0.356 e. The Bertz CT molecular complexity index is 1310. The van der Waals surface area contributed by atoms with Crippen LogP contribution in [-0.4, -0.2) is 44.3 Å². The zero-order valence-corrected chi connectivity index (χ0v) is 20.6. The molecule has 0 fully saturated rings. The Hall–Kier alpha value is -4.05. The lowest BCUT2D eigenvalue weighted by Gasteiger charge is -2.09. The van der Waals surface area contributed by atoms with Crippen molar-refractivity contribution >= 4 is 27.8 Å². The van der Waals surface area contributed by atoms with Crippen LogP contribution in [0.25, 0.3) is 0 Å². The lowest BCUT2D eigenvalue weighted by molar-refractivity contribution is 0.0497. The van der Waals surface area contributed by atoms with Gasteiger partial charge >= 0.3 is 5.97 Å². The number of sulfonamides is 1. The molecule has 0 spiro atoms. The fraction of sp³-hybridized carbons (Fsp3) is 0.231. The molecule has 9 nitrogen and oxygen atoms in total. The summed E-state index contributed by atoms with van der Waals surface area (Å²) in [6.45, 7) is 2.52. The lowest BCUT2D eigenvalue weighted by atomic mass is 10.1. The highest BCUT2D eigenvalue weighted by atomic mass is 32.2. The third-order valence-electron chi connectivity index (χ3n) is 5.08. The van der Waals surface area contributed by atoms with Gasteiger partial charge in [-0.1, -0.05) is 43.3 Å². The first-order valence-electron chi connectivity index (χ1n) is 11.4. The fourth-order valence-corrected chi connectivity index (χ4v) is 4.22. The summed E-state index contributed by atoms with van der Waals surface area (Å²) in [5.74, 6) is -1.97. The van der Waals surface area contributed by atoms with Crippen LogP contribution in [0.5, 0.6) is 0 Å². The third-order valence-corrected chi connectivity index (χ3v) is 6.40. The van der Waals surface area contributed by atoms with Crippen LogP contribution in [0.15, 0.2) is 77.8 Å². The number of carbonyl (C=O) groups excluding carboxylic acids is 3. The number of carbonyl (C=O) groups is 3. The number of ether oxygens (including phenoxy) is 1. The van der Waals surface area contributed by atoms with Crippen LogP contribution in [-0.2, 0) is 21.2 Å². The Morgan fingerprint density at radius 2 is 1.69 bits per heavy atom. The molecule has 0 unspecified atom stereocenters. The molecule has 1 heterocycles. The molecule has 0 saturated heterocycles. The topological polar surface area (TPSA) is 132 Å². The number of aromatic nitrogens is 1.